The number of rotatable bonds is 7. The molecule has 0 unspecified atom stereocenters. The minimum atomic E-state index is -3.71. The lowest BCUT2D eigenvalue weighted by atomic mass is 10.1. The van der Waals surface area contributed by atoms with E-state index in [-0.39, 0.29) is 16.8 Å². The molecule has 7 nitrogen and oxygen atoms in total. The summed E-state index contributed by atoms with van der Waals surface area (Å²) in [6.07, 6.45) is 1.95. The summed E-state index contributed by atoms with van der Waals surface area (Å²) in [6.45, 7) is 0. The average Bonchev–Trinajstić information content (AvgIpc) is 3.59. The highest BCUT2D eigenvalue weighted by molar-refractivity contribution is 7.92. The van der Waals surface area contributed by atoms with E-state index in [4.69, 9.17) is 0 Å². The molecule has 0 heterocycles. The van der Waals surface area contributed by atoms with Gasteiger partial charge in [0.25, 0.3) is 21.8 Å². The van der Waals surface area contributed by atoms with Crippen molar-refractivity contribution in [2.75, 3.05) is 10.0 Å². The number of hydrogen-bond donors (Lipinski definition) is 3. The van der Waals surface area contributed by atoms with Crippen LogP contribution in [0.25, 0.3) is 0 Å². The van der Waals surface area contributed by atoms with Crippen LogP contribution in [-0.4, -0.2) is 26.3 Å². The summed E-state index contributed by atoms with van der Waals surface area (Å²) in [5.74, 6) is -0.617. The fourth-order valence-corrected chi connectivity index (χ4v) is 4.06. The van der Waals surface area contributed by atoms with E-state index >= 15 is 0 Å². The minimum absolute atomic E-state index is 0.151. The second kappa shape index (κ2) is 8.61. The summed E-state index contributed by atoms with van der Waals surface area (Å²) in [6, 6.07) is 21.1. The van der Waals surface area contributed by atoms with E-state index in [1.807, 2.05) is 0 Å². The van der Waals surface area contributed by atoms with E-state index in [9.17, 15) is 18.0 Å². The van der Waals surface area contributed by atoms with Crippen molar-refractivity contribution in [3.8, 4) is 0 Å². The Kier molecular flexibility index (Phi) is 5.73. The Morgan fingerprint density at radius 1 is 0.774 bits per heavy atom. The molecule has 4 rings (SSSR count). The molecule has 3 aromatic carbocycles. The first kappa shape index (κ1) is 20.6. The number of anilines is 2. The van der Waals surface area contributed by atoms with E-state index < -0.39 is 15.9 Å². The molecule has 0 atom stereocenters. The van der Waals surface area contributed by atoms with Crippen molar-refractivity contribution in [3.05, 3.63) is 90.0 Å². The molecule has 0 aliphatic heterocycles. The minimum Gasteiger partial charge on any atom is -0.349 e. The van der Waals surface area contributed by atoms with Crippen molar-refractivity contribution < 1.29 is 18.0 Å². The lowest BCUT2D eigenvalue weighted by Crippen LogP contribution is -2.27. The Bertz CT molecular complexity index is 1210. The zero-order valence-corrected chi connectivity index (χ0v) is 17.4. The predicted octanol–water partition coefficient (Wildman–Crippen LogP) is 3.63. The Balaban J connectivity index is 1.45. The summed E-state index contributed by atoms with van der Waals surface area (Å²) in [4.78, 5) is 25.2. The van der Waals surface area contributed by atoms with Gasteiger partial charge in [0.2, 0.25) is 0 Å². The summed E-state index contributed by atoms with van der Waals surface area (Å²) in [5.41, 5.74) is 1.49. The van der Waals surface area contributed by atoms with Crippen LogP contribution < -0.4 is 15.4 Å². The summed E-state index contributed by atoms with van der Waals surface area (Å²) >= 11 is 0. The van der Waals surface area contributed by atoms with Gasteiger partial charge in [0.05, 0.1) is 16.1 Å². The molecule has 3 aromatic rings. The normalized spacial score (nSPS) is 13.3. The van der Waals surface area contributed by atoms with E-state index in [2.05, 4.69) is 15.4 Å². The molecule has 8 heteroatoms. The van der Waals surface area contributed by atoms with Crippen LogP contribution in [0.1, 0.15) is 33.6 Å². The van der Waals surface area contributed by atoms with Gasteiger partial charge in [0.15, 0.2) is 0 Å². The molecule has 0 spiro atoms. The van der Waals surface area contributed by atoms with Crippen LogP contribution in [0.5, 0.6) is 0 Å². The number of carbonyl (C=O) groups is 2. The zero-order chi connectivity index (χ0) is 21.8. The Hall–Kier alpha value is -3.65. The zero-order valence-electron chi connectivity index (χ0n) is 16.5. The van der Waals surface area contributed by atoms with E-state index in [1.165, 1.54) is 36.4 Å². The molecule has 0 aromatic heterocycles. The SMILES string of the molecule is O=C(Nc1ccccc1C(=O)NC1CC1)c1ccc(NS(=O)(=O)c2ccccc2)cc1. The molecule has 31 heavy (non-hydrogen) atoms. The standard InChI is InChI=1S/C23H21N3O4S/c27-22(25-21-9-5-4-8-20(21)23(28)24-17-14-15-17)16-10-12-18(13-11-16)26-31(29,30)19-6-2-1-3-7-19/h1-13,17,26H,14-15H2,(H,24,28)(H,25,27). The van der Waals surface area contributed by atoms with Crippen LogP contribution in [-0.2, 0) is 10.0 Å². The monoisotopic (exact) mass is 435 g/mol. The van der Waals surface area contributed by atoms with Gasteiger partial charge in [-0.15, -0.1) is 0 Å². The third-order valence-corrected chi connectivity index (χ3v) is 6.18. The molecule has 1 saturated carbocycles. The van der Waals surface area contributed by atoms with Gasteiger partial charge in [-0.1, -0.05) is 30.3 Å². The van der Waals surface area contributed by atoms with Gasteiger partial charge in [-0.3, -0.25) is 14.3 Å². The molecule has 0 saturated heterocycles. The molecular weight excluding hydrogens is 414 g/mol. The third kappa shape index (κ3) is 5.10. The van der Waals surface area contributed by atoms with Crippen molar-refractivity contribution in [1.29, 1.82) is 0 Å². The molecule has 3 N–H and O–H groups in total. The highest BCUT2D eigenvalue weighted by Crippen LogP contribution is 2.22. The number of para-hydroxylation sites is 1. The molecule has 158 valence electrons. The highest BCUT2D eigenvalue weighted by atomic mass is 32.2. The smallest absolute Gasteiger partial charge is 0.261 e. The van der Waals surface area contributed by atoms with Gasteiger partial charge >= 0.3 is 0 Å². The van der Waals surface area contributed by atoms with Crippen molar-refractivity contribution >= 4 is 33.2 Å². The van der Waals surface area contributed by atoms with Gasteiger partial charge in [-0.05, 0) is 61.4 Å². The largest absolute Gasteiger partial charge is 0.349 e. The lowest BCUT2D eigenvalue weighted by molar-refractivity contribution is 0.0952. The maximum atomic E-state index is 12.7. The third-order valence-electron chi connectivity index (χ3n) is 4.79. The fourth-order valence-electron chi connectivity index (χ4n) is 2.98. The number of sulfonamides is 1. The Labute approximate surface area is 180 Å². The second-order valence-corrected chi connectivity index (χ2v) is 8.93. The first-order valence-corrected chi connectivity index (χ1v) is 11.3. The molecule has 2 amide bonds. The molecule has 0 radical (unpaired) electrons. The predicted molar refractivity (Wildman–Crippen MR) is 119 cm³/mol. The van der Waals surface area contributed by atoms with Crippen LogP contribution in [0, 0.1) is 0 Å². The van der Waals surface area contributed by atoms with Gasteiger partial charge in [-0.2, -0.15) is 0 Å². The van der Waals surface area contributed by atoms with E-state index in [1.54, 1.807) is 42.5 Å². The lowest BCUT2D eigenvalue weighted by Gasteiger charge is -2.12. The number of carbonyl (C=O) groups excluding carboxylic acids is 2. The van der Waals surface area contributed by atoms with Gasteiger partial charge in [0, 0.05) is 17.3 Å². The van der Waals surface area contributed by atoms with E-state index in [0.717, 1.165) is 12.8 Å². The van der Waals surface area contributed by atoms with Crippen molar-refractivity contribution in [2.24, 2.45) is 0 Å². The van der Waals surface area contributed by atoms with Gasteiger partial charge in [0.1, 0.15) is 0 Å². The van der Waals surface area contributed by atoms with Crippen molar-refractivity contribution in [1.82, 2.24) is 5.32 Å². The maximum absolute atomic E-state index is 12.7. The van der Waals surface area contributed by atoms with Crippen LogP contribution in [0.3, 0.4) is 0 Å². The molecule has 0 bridgehead atoms. The van der Waals surface area contributed by atoms with Crippen LogP contribution >= 0.6 is 0 Å². The number of hydrogen-bond acceptors (Lipinski definition) is 4. The maximum Gasteiger partial charge on any atom is 0.261 e. The quantitative estimate of drug-likeness (QED) is 0.527. The summed E-state index contributed by atoms with van der Waals surface area (Å²) in [5, 5.41) is 5.67. The fraction of sp³-hybridized carbons (Fsp3) is 0.130. The average molecular weight is 436 g/mol. The van der Waals surface area contributed by atoms with Gasteiger partial charge < -0.3 is 10.6 Å². The second-order valence-electron chi connectivity index (χ2n) is 7.24. The molecule has 1 aliphatic rings. The van der Waals surface area contributed by atoms with Crippen LogP contribution in [0.15, 0.2) is 83.8 Å². The van der Waals surface area contributed by atoms with Gasteiger partial charge in [-0.25, -0.2) is 8.42 Å². The van der Waals surface area contributed by atoms with Crippen LogP contribution in [0.2, 0.25) is 0 Å². The van der Waals surface area contributed by atoms with Crippen molar-refractivity contribution in [3.63, 3.8) is 0 Å². The Morgan fingerprint density at radius 3 is 2.10 bits per heavy atom. The summed E-state index contributed by atoms with van der Waals surface area (Å²) < 4.78 is 27.3. The molecular formula is C23H21N3O4S. The topological polar surface area (TPSA) is 104 Å². The van der Waals surface area contributed by atoms with Crippen molar-refractivity contribution in [2.45, 2.75) is 23.8 Å². The number of benzene rings is 3. The molecule has 1 aliphatic carbocycles. The molecule has 1 fully saturated rings. The van der Waals surface area contributed by atoms with E-state index in [0.29, 0.717) is 22.5 Å². The Morgan fingerprint density at radius 2 is 1.42 bits per heavy atom. The first-order valence-electron chi connectivity index (χ1n) is 9.81. The van der Waals surface area contributed by atoms with Crippen LogP contribution in [0.4, 0.5) is 11.4 Å². The summed E-state index contributed by atoms with van der Waals surface area (Å²) in [7, 11) is -3.71. The number of amides is 2. The highest BCUT2D eigenvalue weighted by Gasteiger charge is 2.25. The number of nitrogens with one attached hydrogen (secondary N) is 3. The first-order chi connectivity index (χ1) is 14.9.